The summed E-state index contributed by atoms with van der Waals surface area (Å²) in [5, 5.41) is -0.0678. The number of aromatic amines is 1. The fraction of sp³-hybridized carbons (Fsp3) is 0.417. The van der Waals surface area contributed by atoms with Crippen LogP contribution in [0.4, 0.5) is 0 Å². The molecule has 1 saturated heterocycles. The van der Waals surface area contributed by atoms with E-state index in [2.05, 4.69) is 4.98 Å². The van der Waals surface area contributed by atoms with Crippen molar-refractivity contribution in [2.24, 2.45) is 5.73 Å². The zero-order valence-electron chi connectivity index (χ0n) is 10.8. The molecule has 1 aromatic heterocycles. The lowest BCUT2D eigenvalue weighted by Crippen LogP contribution is -2.58. The lowest BCUT2D eigenvalue weighted by molar-refractivity contribution is -0.150. The first kappa shape index (κ1) is 14.5. The molecule has 108 valence electrons. The van der Waals surface area contributed by atoms with E-state index in [1.54, 1.807) is 0 Å². The Labute approximate surface area is 119 Å². The topological polar surface area (TPSA) is 105 Å². The van der Waals surface area contributed by atoms with Gasteiger partial charge in [-0.1, -0.05) is 11.6 Å². The van der Waals surface area contributed by atoms with Crippen LogP contribution in [0.15, 0.2) is 17.1 Å². The highest BCUT2D eigenvalue weighted by molar-refractivity contribution is 6.30. The van der Waals surface area contributed by atoms with Crippen molar-refractivity contribution in [1.29, 1.82) is 0 Å². The molecular formula is C12H14ClN3O4. The first-order valence-corrected chi connectivity index (χ1v) is 6.33. The Morgan fingerprint density at radius 3 is 2.85 bits per heavy atom. The Morgan fingerprint density at radius 2 is 2.25 bits per heavy atom. The molecule has 0 aromatic carbocycles. The summed E-state index contributed by atoms with van der Waals surface area (Å²) in [6.07, 6.45) is 1.29. The van der Waals surface area contributed by atoms with E-state index >= 15 is 0 Å². The summed E-state index contributed by atoms with van der Waals surface area (Å²) < 4.78 is 5.33. The number of hydrogen-bond donors (Lipinski definition) is 2. The average molecular weight is 300 g/mol. The van der Waals surface area contributed by atoms with E-state index in [1.165, 1.54) is 24.1 Å². The smallest absolute Gasteiger partial charge is 0.266 e. The second-order valence-corrected chi connectivity index (χ2v) is 5.14. The van der Waals surface area contributed by atoms with Crippen molar-refractivity contribution < 1.29 is 14.3 Å². The first-order chi connectivity index (χ1) is 9.33. The fourth-order valence-electron chi connectivity index (χ4n) is 1.95. The normalized spacial score (nSPS) is 22.6. The van der Waals surface area contributed by atoms with Gasteiger partial charge in [0, 0.05) is 12.7 Å². The molecule has 8 heteroatoms. The van der Waals surface area contributed by atoms with Crippen molar-refractivity contribution >= 4 is 23.4 Å². The molecule has 0 spiro atoms. The monoisotopic (exact) mass is 299 g/mol. The molecule has 1 aromatic rings. The molecule has 0 radical (unpaired) electrons. The number of rotatable bonds is 2. The van der Waals surface area contributed by atoms with Gasteiger partial charge in [-0.3, -0.25) is 14.4 Å². The van der Waals surface area contributed by atoms with Crippen molar-refractivity contribution in [2.75, 3.05) is 19.7 Å². The number of nitrogens with zero attached hydrogens (tertiary/aromatic N) is 1. The molecule has 0 bridgehead atoms. The van der Waals surface area contributed by atoms with Gasteiger partial charge in [-0.15, -0.1) is 0 Å². The molecule has 0 unspecified atom stereocenters. The van der Waals surface area contributed by atoms with Gasteiger partial charge in [0.15, 0.2) is 5.60 Å². The molecule has 2 amide bonds. The van der Waals surface area contributed by atoms with Crippen LogP contribution in [0, 0.1) is 0 Å². The minimum atomic E-state index is -1.21. The standard InChI is InChI=1S/C12H14ClN3O4/c1-12(11(14)19)6-16(2-3-20-12)10(18)7-4-8(13)9(17)15-5-7/h4-5H,2-3,6H2,1H3,(H2,14,19)(H,15,17)/t12-/m0/s1. The maximum Gasteiger partial charge on any atom is 0.266 e. The molecule has 1 atom stereocenters. The number of carbonyl (C=O) groups is 2. The molecule has 2 heterocycles. The molecule has 1 fully saturated rings. The van der Waals surface area contributed by atoms with Crippen LogP contribution in [0.5, 0.6) is 0 Å². The average Bonchev–Trinajstić information content (AvgIpc) is 2.41. The Kier molecular flexibility index (Phi) is 3.82. The SMILES string of the molecule is C[C@@]1(C(N)=O)CN(C(=O)c2c[nH]c(=O)c(Cl)c2)CCO1. The van der Waals surface area contributed by atoms with E-state index in [4.69, 9.17) is 22.1 Å². The zero-order valence-corrected chi connectivity index (χ0v) is 11.6. The quantitative estimate of drug-likeness (QED) is 0.785. The predicted octanol–water partition coefficient (Wildman–Crippen LogP) is -0.255. The number of halogens is 1. The van der Waals surface area contributed by atoms with Crippen LogP contribution in [-0.2, 0) is 9.53 Å². The number of hydrogen-bond acceptors (Lipinski definition) is 4. The molecule has 1 aliphatic rings. The van der Waals surface area contributed by atoms with Gasteiger partial charge in [-0.25, -0.2) is 0 Å². The summed E-state index contributed by atoms with van der Waals surface area (Å²) in [7, 11) is 0. The van der Waals surface area contributed by atoms with E-state index in [-0.39, 0.29) is 29.6 Å². The second-order valence-electron chi connectivity index (χ2n) is 4.74. The van der Waals surface area contributed by atoms with Gasteiger partial charge in [-0.2, -0.15) is 0 Å². The molecule has 0 aliphatic carbocycles. The summed E-state index contributed by atoms with van der Waals surface area (Å²) in [4.78, 5) is 38.7. The number of nitrogens with one attached hydrogen (secondary N) is 1. The Hall–Kier alpha value is -1.86. The Bertz CT molecular complexity index is 615. The summed E-state index contributed by atoms with van der Waals surface area (Å²) in [5.41, 5.74) is 3.84. The molecule has 20 heavy (non-hydrogen) atoms. The van der Waals surface area contributed by atoms with E-state index in [0.717, 1.165) is 0 Å². The van der Waals surface area contributed by atoms with Crippen LogP contribution in [0.25, 0.3) is 0 Å². The van der Waals surface area contributed by atoms with E-state index < -0.39 is 17.1 Å². The third-order valence-electron chi connectivity index (χ3n) is 3.19. The lowest BCUT2D eigenvalue weighted by Gasteiger charge is -2.38. The second kappa shape index (κ2) is 5.26. The molecule has 0 saturated carbocycles. The van der Waals surface area contributed by atoms with Gasteiger partial charge in [0.1, 0.15) is 5.02 Å². The van der Waals surface area contributed by atoms with Crippen LogP contribution in [0.2, 0.25) is 5.02 Å². The van der Waals surface area contributed by atoms with Gasteiger partial charge in [0.2, 0.25) is 0 Å². The number of aromatic nitrogens is 1. The Balaban J connectivity index is 2.22. The van der Waals surface area contributed by atoms with Gasteiger partial charge in [0.05, 0.1) is 18.7 Å². The highest BCUT2D eigenvalue weighted by Gasteiger charge is 2.39. The highest BCUT2D eigenvalue weighted by Crippen LogP contribution is 2.19. The van der Waals surface area contributed by atoms with Crippen molar-refractivity contribution in [1.82, 2.24) is 9.88 Å². The van der Waals surface area contributed by atoms with Crippen LogP contribution in [0.1, 0.15) is 17.3 Å². The summed E-state index contributed by atoms with van der Waals surface area (Å²) in [5.74, 6) is -0.978. The van der Waals surface area contributed by atoms with Gasteiger partial charge >= 0.3 is 0 Å². The molecule has 2 rings (SSSR count). The van der Waals surface area contributed by atoms with Gasteiger partial charge in [0.25, 0.3) is 17.4 Å². The number of amides is 2. The highest BCUT2D eigenvalue weighted by atomic mass is 35.5. The van der Waals surface area contributed by atoms with Crippen LogP contribution >= 0.6 is 11.6 Å². The van der Waals surface area contributed by atoms with E-state index in [1.807, 2.05) is 0 Å². The van der Waals surface area contributed by atoms with Crippen LogP contribution < -0.4 is 11.3 Å². The third kappa shape index (κ3) is 2.68. The number of H-pyrrole nitrogens is 1. The zero-order chi connectivity index (χ0) is 14.9. The van der Waals surface area contributed by atoms with Crippen molar-refractivity contribution in [2.45, 2.75) is 12.5 Å². The maximum atomic E-state index is 12.3. The third-order valence-corrected chi connectivity index (χ3v) is 3.47. The van der Waals surface area contributed by atoms with Gasteiger partial charge in [-0.05, 0) is 13.0 Å². The van der Waals surface area contributed by atoms with Crippen LogP contribution in [-0.4, -0.2) is 47.0 Å². The number of ether oxygens (including phenoxy) is 1. The summed E-state index contributed by atoms with van der Waals surface area (Å²) >= 11 is 5.69. The molecular weight excluding hydrogens is 286 g/mol. The number of primary amides is 1. The minimum absolute atomic E-state index is 0.0535. The van der Waals surface area contributed by atoms with Gasteiger partial charge < -0.3 is 20.4 Å². The minimum Gasteiger partial charge on any atom is -0.367 e. The lowest BCUT2D eigenvalue weighted by atomic mass is 10.0. The largest absolute Gasteiger partial charge is 0.367 e. The number of carbonyl (C=O) groups excluding carboxylic acids is 2. The summed E-state index contributed by atoms with van der Waals surface area (Å²) in [6, 6.07) is 1.29. The first-order valence-electron chi connectivity index (χ1n) is 5.95. The van der Waals surface area contributed by atoms with Crippen molar-refractivity contribution in [3.05, 3.63) is 33.2 Å². The van der Waals surface area contributed by atoms with Crippen LogP contribution in [0.3, 0.4) is 0 Å². The number of morpholine rings is 1. The maximum absolute atomic E-state index is 12.3. The van der Waals surface area contributed by atoms with E-state index in [0.29, 0.717) is 6.54 Å². The summed E-state index contributed by atoms with van der Waals surface area (Å²) in [6.45, 7) is 2.13. The molecule has 3 N–H and O–H groups in total. The molecule has 1 aliphatic heterocycles. The number of nitrogens with two attached hydrogens (primary N) is 1. The van der Waals surface area contributed by atoms with E-state index in [9.17, 15) is 14.4 Å². The fourth-order valence-corrected chi connectivity index (χ4v) is 2.13. The van der Waals surface area contributed by atoms with Crippen molar-refractivity contribution in [3.8, 4) is 0 Å². The predicted molar refractivity (Wildman–Crippen MR) is 71.5 cm³/mol. The Morgan fingerprint density at radius 1 is 1.55 bits per heavy atom. The number of pyridine rings is 1. The molecule has 7 nitrogen and oxygen atoms in total. The van der Waals surface area contributed by atoms with Crippen molar-refractivity contribution in [3.63, 3.8) is 0 Å².